The molecule has 188 valence electrons. The predicted molar refractivity (Wildman–Crippen MR) is 147 cm³/mol. The maximum absolute atomic E-state index is 14.2. The Morgan fingerprint density at radius 1 is 0.973 bits per heavy atom. The van der Waals surface area contributed by atoms with Crippen molar-refractivity contribution in [1.82, 2.24) is 14.8 Å². The molecular weight excluding hydrogens is 482 g/mol. The van der Waals surface area contributed by atoms with Crippen molar-refractivity contribution in [3.05, 3.63) is 106 Å². The number of benzene rings is 3. The molecule has 2 amide bonds. The SMILES string of the molecule is CCc1ccc(C2CN3C(=O)CN(CCc4ccc(Cl)cc4)C(=O)C3(C)c3[nH]c4ccccc4c32)cc1. The van der Waals surface area contributed by atoms with E-state index in [9.17, 15) is 9.59 Å². The van der Waals surface area contributed by atoms with Gasteiger partial charge in [0.25, 0.3) is 5.91 Å². The third-order valence-corrected chi connectivity index (χ3v) is 8.44. The van der Waals surface area contributed by atoms with Gasteiger partial charge in [-0.3, -0.25) is 9.59 Å². The van der Waals surface area contributed by atoms with Crippen LogP contribution in [-0.4, -0.2) is 46.2 Å². The Hall–Kier alpha value is -3.57. The number of carbonyl (C=O) groups is 2. The van der Waals surface area contributed by atoms with Crippen molar-refractivity contribution in [2.75, 3.05) is 19.6 Å². The maximum atomic E-state index is 14.2. The average Bonchev–Trinajstić information content (AvgIpc) is 3.32. The lowest BCUT2D eigenvalue weighted by molar-refractivity contribution is -0.166. The quantitative estimate of drug-likeness (QED) is 0.376. The van der Waals surface area contributed by atoms with Crippen molar-refractivity contribution < 1.29 is 9.59 Å². The normalized spacial score (nSPS) is 21.3. The number of carbonyl (C=O) groups excluding carboxylic acids is 2. The lowest BCUT2D eigenvalue weighted by Crippen LogP contribution is -2.67. The Balaban J connectivity index is 1.42. The summed E-state index contributed by atoms with van der Waals surface area (Å²) >= 11 is 6.03. The van der Waals surface area contributed by atoms with Gasteiger partial charge in [0, 0.05) is 34.9 Å². The van der Waals surface area contributed by atoms with Gasteiger partial charge in [-0.1, -0.05) is 73.1 Å². The highest BCUT2D eigenvalue weighted by molar-refractivity contribution is 6.30. The first-order valence-electron chi connectivity index (χ1n) is 12.9. The van der Waals surface area contributed by atoms with Crippen LogP contribution in [0.1, 0.15) is 47.7 Å². The van der Waals surface area contributed by atoms with Gasteiger partial charge in [0.2, 0.25) is 5.91 Å². The Morgan fingerprint density at radius 2 is 1.68 bits per heavy atom. The number of nitrogens with one attached hydrogen (secondary N) is 1. The van der Waals surface area contributed by atoms with Gasteiger partial charge in [-0.2, -0.15) is 0 Å². The van der Waals surface area contributed by atoms with Gasteiger partial charge in [-0.25, -0.2) is 0 Å². The molecule has 2 atom stereocenters. The number of fused-ring (bicyclic) bond motifs is 5. The molecule has 1 N–H and O–H groups in total. The number of aryl methyl sites for hydroxylation is 1. The second kappa shape index (κ2) is 9.07. The van der Waals surface area contributed by atoms with E-state index in [1.165, 1.54) is 5.56 Å². The summed E-state index contributed by atoms with van der Waals surface area (Å²) in [5, 5.41) is 1.80. The van der Waals surface area contributed by atoms with Crippen molar-refractivity contribution in [2.45, 2.75) is 38.1 Å². The van der Waals surface area contributed by atoms with Crippen molar-refractivity contribution in [3.8, 4) is 0 Å². The van der Waals surface area contributed by atoms with Crippen LogP contribution >= 0.6 is 11.6 Å². The molecule has 1 aromatic heterocycles. The molecule has 1 saturated heterocycles. The number of aromatic amines is 1. The minimum absolute atomic E-state index is 0.0116. The van der Waals surface area contributed by atoms with Gasteiger partial charge in [0.15, 0.2) is 5.54 Å². The molecule has 2 unspecified atom stereocenters. The number of amides is 2. The van der Waals surface area contributed by atoms with Crippen LogP contribution in [0, 0.1) is 0 Å². The van der Waals surface area contributed by atoms with E-state index in [0.29, 0.717) is 24.5 Å². The van der Waals surface area contributed by atoms with E-state index in [0.717, 1.165) is 39.7 Å². The molecule has 3 heterocycles. The molecule has 6 rings (SSSR count). The largest absolute Gasteiger partial charge is 0.356 e. The number of rotatable bonds is 5. The molecule has 0 radical (unpaired) electrons. The lowest BCUT2D eigenvalue weighted by Gasteiger charge is -2.51. The summed E-state index contributed by atoms with van der Waals surface area (Å²) in [5.41, 5.74) is 5.40. The summed E-state index contributed by atoms with van der Waals surface area (Å²) in [4.78, 5) is 34.9. The first kappa shape index (κ1) is 23.8. The van der Waals surface area contributed by atoms with Gasteiger partial charge >= 0.3 is 0 Å². The number of piperazine rings is 1. The van der Waals surface area contributed by atoms with Crippen molar-refractivity contribution in [1.29, 1.82) is 0 Å². The topological polar surface area (TPSA) is 56.4 Å². The minimum atomic E-state index is -1.08. The molecule has 1 fully saturated rings. The maximum Gasteiger partial charge on any atom is 0.254 e. The number of hydrogen-bond donors (Lipinski definition) is 1. The number of halogens is 1. The standard InChI is InChI=1S/C31H30ClN3O2/c1-3-20-8-12-22(13-9-20)25-18-35-27(36)19-34(17-16-21-10-14-23(32)15-11-21)30(37)31(35,2)29-28(25)24-6-4-5-7-26(24)33-29/h4-15,25,33H,3,16-19H2,1-2H3. The van der Waals surface area contributed by atoms with Crippen molar-refractivity contribution >= 4 is 34.3 Å². The zero-order valence-electron chi connectivity index (χ0n) is 21.1. The lowest BCUT2D eigenvalue weighted by atomic mass is 9.76. The highest BCUT2D eigenvalue weighted by Gasteiger charge is 2.56. The molecule has 0 aliphatic carbocycles. The van der Waals surface area contributed by atoms with Crippen LogP contribution in [0.5, 0.6) is 0 Å². The Morgan fingerprint density at radius 3 is 2.41 bits per heavy atom. The van der Waals surface area contributed by atoms with E-state index in [1.54, 1.807) is 4.90 Å². The van der Waals surface area contributed by atoms with Crippen LogP contribution in [0.3, 0.4) is 0 Å². The summed E-state index contributed by atoms with van der Waals surface area (Å²) in [6.07, 6.45) is 1.64. The van der Waals surface area contributed by atoms with Crippen molar-refractivity contribution in [3.63, 3.8) is 0 Å². The predicted octanol–water partition coefficient (Wildman–Crippen LogP) is 5.66. The Kier molecular flexibility index (Phi) is 5.84. The molecule has 5 nitrogen and oxygen atoms in total. The molecule has 3 aromatic carbocycles. The van der Waals surface area contributed by atoms with E-state index >= 15 is 0 Å². The number of H-pyrrole nitrogens is 1. The Bertz CT molecular complexity index is 1490. The Labute approximate surface area is 222 Å². The fraction of sp³-hybridized carbons (Fsp3) is 0.290. The first-order chi connectivity index (χ1) is 17.9. The molecule has 6 heteroatoms. The second-order valence-electron chi connectivity index (χ2n) is 10.3. The van der Waals surface area contributed by atoms with Crippen LogP contribution in [0.25, 0.3) is 10.9 Å². The molecule has 4 aromatic rings. The molecule has 0 saturated carbocycles. The molecule has 2 aliphatic rings. The van der Waals surface area contributed by atoms with Gasteiger partial charge in [-0.05, 0) is 60.2 Å². The molecule has 0 bridgehead atoms. The van der Waals surface area contributed by atoms with Crippen LogP contribution < -0.4 is 0 Å². The third kappa shape index (κ3) is 3.84. The summed E-state index contributed by atoms with van der Waals surface area (Å²) in [6, 6.07) is 24.5. The van der Waals surface area contributed by atoms with E-state index in [1.807, 2.05) is 54.3 Å². The highest BCUT2D eigenvalue weighted by Crippen LogP contribution is 2.48. The van der Waals surface area contributed by atoms with Crippen molar-refractivity contribution in [2.24, 2.45) is 0 Å². The first-order valence-corrected chi connectivity index (χ1v) is 13.3. The van der Waals surface area contributed by atoms with Gasteiger partial charge in [0.05, 0.1) is 12.2 Å². The fourth-order valence-corrected chi connectivity index (χ4v) is 6.18. The molecular formula is C31H30ClN3O2. The van der Waals surface area contributed by atoms with Crippen LogP contribution in [0.15, 0.2) is 72.8 Å². The summed E-state index contributed by atoms with van der Waals surface area (Å²) < 4.78 is 0. The number of aromatic nitrogens is 1. The zero-order chi connectivity index (χ0) is 25.7. The third-order valence-electron chi connectivity index (χ3n) is 8.19. The van der Waals surface area contributed by atoms with Gasteiger partial charge in [-0.15, -0.1) is 0 Å². The number of nitrogens with zero attached hydrogens (tertiary/aromatic N) is 2. The number of para-hydroxylation sites is 1. The summed E-state index contributed by atoms with van der Waals surface area (Å²) in [7, 11) is 0. The van der Waals surface area contributed by atoms with E-state index in [4.69, 9.17) is 11.6 Å². The van der Waals surface area contributed by atoms with E-state index in [2.05, 4.69) is 42.2 Å². The number of hydrogen-bond acceptors (Lipinski definition) is 2. The minimum Gasteiger partial charge on any atom is -0.356 e. The van der Waals surface area contributed by atoms with Crippen LogP contribution in [-0.2, 0) is 28.0 Å². The van der Waals surface area contributed by atoms with E-state index in [-0.39, 0.29) is 24.3 Å². The zero-order valence-corrected chi connectivity index (χ0v) is 21.9. The van der Waals surface area contributed by atoms with E-state index < -0.39 is 5.54 Å². The fourth-order valence-electron chi connectivity index (χ4n) is 6.06. The second-order valence-corrected chi connectivity index (χ2v) is 10.7. The van der Waals surface area contributed by atoms with Gasteiger partial charge in [0.1, 0.15) is 0 Å². The summed E-state index contributed by atoms with van der Waals surface area (Å²) in [6.45, 7) is 5.11. The molecule has 2 aliphatic heterocycles. The monoisotopic (exact) mass is 511 g/mol. The average molecular weight is 512 g/mol. The summed E-state index contributed by atoms with van der Waals surface area (Å²) in [5.74, 6) is -0.0613. The highest BCUT2D eigenvalue weighted by atomic mass is 35.5. The molecule has 37 heavy (non-hydrogen) atoms. The van der Waals surface area contributed by atoms with Crippen LogP contribution in [0.2, 0.25) is 5.02 Å². The smallest absolute Gasteiger partial charge is 0.254 e. The molecule has 0 spiro atoms. The van der Waals surface area contributed by atoms with Gasteiger partial charge < -0.3 is 14.8 Å². The van der Waals surface area contributed by atoms with Crippen LogP contribution in [0.4, 0.5) is 0 Å².